The summed E-state index contributed by atoms with van der Waals surface area (Å²) in [5.41, 5.74) is 0.539. The molecular weight excluding hydrogens is 269 g/mol. The molecule has 6 heteroatoms. The predicted molar refractivity (Wildman–Crippen MR) is 72.9 cm³/mol. The van der Waals surface area contributed by atoms with E-state index in [1.165, 1.54) is 6.07 Å². The molecule has 0 fully saturated rings. The number of benzene rings is 1. The Balaban J connectivity index is 2.68. The molecule has 0 aliphatic heterocycles. The van der Waals surface area contributed by atoms with Crippen molar-refractivity contribution in [3.05, 3.63) is 29.6 Å². The van der Waals surface area contributed by atoms with Gasteiger partial charge in [0, 0.05) is 12.0 Å². The minimum Gasteiger partial charge on any atom is -0.493 e. The van der Waals surface area contributed by atoms with E-state index in [1.54, 1.807) is 19.1 Å². The van der Waals surface area contributed by atoms with E-state index in [2.05, 4.69) is 0 Å². The van der Waals surface area contributed by atoms with Gasteiger partial charge in [-0.3, -0.25) is 0 Å². The van der Waals surface area contributed by atoms with E-state index >= 15 is 0 Å². The van der Waals surface area contributed by atoms with Gasteiger partial charge in [-0.05, 0) is 24.5 Å². The molecular formula is C13H20FNO3S. The van der Waals surface area contributed by atoms with Gasteiger partial charge in [-0.25, -0.2) is 17.9 Å². The number of ether oxygens (including phenoxy) is 1. The lowest BCUT2D eigenvalue weighted by molar-refractivity contribution is 0.224. The van der Waals surface area contributed by atoms with Crippen molar-refractivity contribution in [3.8, 4) is 5.75 Å². The quantitative estimate of drug-likeness (QED) is 0.871. The van der Waals surface area contributed by atoms with Crippen LogP contribution in [0.1, 0.15) is 19.4 Å². The maximum absolute atomic E-state index is 13.3. The Morgan fingerprint density at radius 3 is 2.47 bits per heavy atom. The Kier molecular flexibility index (Phi) is 5.31. The van der Waals surface area contributed by atoms with E-state index in [0.29, 0.717) is 11.3 Å². The first-order chi connectivity index (χ1) is 8.69. The Labute approximate surface area is 113 Å². The zero-order chi connectivity index (χ0) is 14.6. The van der Waals surface area contributed by atoms with Crippen LogP contribution in [0.3, 0.4) is 0 Å². The zero-order valence-electron chi connectivity index (χ0n) is 11.4. The number of aryl methyl sites for hydroxylation is 1. The summed E-state index contributed by atoms with van der Waals surface area (Å²) in [4.78, 5) is 0. The first-order valence-electron chi connectivity index (χ1n) is 6.08. The monoisotopic (exact) mass is 289 g/mol. The third-order valence-electron chi connectivity index (χ3n) is 3.00. The zero-order valence-corrected chi connectivity index (χ0v) is 12.2. The van der Waals surface area contributed by atoms with Crippen LogP contribution in [-0.4, -0.2) is 20.8 Å². The van der Waals surface area contributed by atoms with Crippen molar-refractivity contribution >= 4 is 10.0 Å². The molecule has 0 heterocycles. The molecule has 0 amide bonds. The van der Waals surface area contributed by atoms with Crippen molar-refractivity contribution in [1.82, 2.24) is 0 Å². The molecule has 0 aliphatic carbocycles. The third-order valence-corrected chi connectivity index (χ3v) is 3.89. The highest BCUT2D eigenvalue weighted by molar-refractivity contribution is 7.89. The van der Waals surface area contributed by atoms with Crippen LogP contribution in [0.25, 0.3) is 0 Å². The Bertz CT molecular complexity index is 529. The standard InChI is InChI=1S/C13H20FNO3S/c1-9(2)11(8-19(15,16)17)7-18-12-5-4-10(3)13(14)6-12/h4-6,9,11H,7-8H2,1-3H3,(H2,15,16,17). The molecule has 0 aliphatic rings. The molecule has 0 radical (unpaired) electrons. The van der Waals surface area contributed by atoms with Crippen LogP contribution in [0.15, 0.2) is 18.2 Å². The molecule has 108 valence electrons. The fraction of sp³-hybridized carbons (Fsp3) is 0.538. The van der Waals surface area contributed by atoms with Gasteiger partial charge in [0.05, 0.1) is 12.4 Å². The molecule has 0 spiro atoms. The summed E-state index contributed by atoms with van der Waals surface area (Å²) in [6.07, 6.45) is 0. The van der Waals surface area contributed by atoms with Gasteiger partial charge in [-0.1, -0.05) is 19.9 Å². The highest BCUT2D eigenvalue weighted by Gasteiger charge is 2.20. The van der Waals surface area contributed by atoms with Crippen molar-refractivity contribution < 1.29 is 17.5 Å². The van der Waals surface area contributed by atoms with Gasteiger partial charge in [0.25, 0.3) is 0 Å². The number of sulfonamides is 1. The van der Waals surface area contributed by atoms with Gasteiger partial charge in [-0.2, -0.15) is 0 Å². The predicted octanol–water partition coefficient (Wildman–Crippen LogP) is 2.07. The van der Waals surface area contributed by atoms with Crippen LogP contribution < -0.4 is 9.88 Å². The number of halogens is 1. The van der Waals surface area contributed by atoms with Crippen LogP contribution >= 0.6 is 0 Å². The van der Waals surface area contributed by atoms with Crippen LogP contribution in [0.2, 0.25) is 0 Å². The smallest absolute Gasteiger partial charge is 0.209 e. The fourth-order valence-electron chi connectivity index (χ4n) is 1.60. The lowest BCUT2D eigenvalue weighted by Gasteiger charge is -2.20. The molecule has 1 rings (SSSR count). The number of hydrogen-bond donors (Lipinski definition) is 1. The highest BCUT2D eigenvalue weighted by atomic mass is 32.2. The summed E-state index contributed by atoms with van der Waals surface area (Å²) in [5, 5.41) is 5.04. The molecule has 1 aromatic rings. The van der Waals surface area contributed by atoms with Gasteiger partial charge in [-0.15, -0.1) is 0 Å². The number of rotatable bonds is 6. The second-order valence-corrected chi connectivity index (χ2v) is 6.71. The van der Waals surface area contributed by atoms with E-state index in [1.807, 2.05) is 13.8 Å². The molecule has 0 saturated carbocycles. The maximum Gasteiger partial charge on any atom is 0.209 e. The molecule has 2 N–H and O–H groups in total. The minimum absolute atomic E-state index is 0.105. The first-order valence-corrected chi connectivity index (χ1v) is 7.80. The average molecular weight is 289 g/mol. The Morgan fingerprint density at radius 1 is 1.37 bits per heavy atom. The van der Waals surface area contributed by atoms with Crippen molar-refractivity contribution in [1.29, 1.82) is 0 Å². The summed E-state index contributed by atoms with van der Waals surface area (Å²) >= 11 is 0. The van der Waals surface area contributed by atoms with E-state index < -0.39 is 10.0 Å². The fourth-order valence-corrected chi connectivity index (χ4v) is 2.68. The van der Waals surface area contributed by atoms with Crippen molar-refractivity contribution in [2.45, 2.75) is 20.8 Å². The molecule has 0 saturated heterocycles. The molecule has 19 heavy (non-hydrogen) atoms. The van der Waals surface area contributed by atoms with Crippen LogP contribution in [-0.2, 0) is 10.0 Å². The molecule has 0 bridgehead atoms. The summed E-state index contributed by atoms with van der Waals surface area (Å²) in [7, 11) is -3.54. The topological polar surface area (TPSA) is 69.4 Å². The molecule has 4 nitrogen and oxygen atoms in total. The summed E-state index contributed by atoms with van der Waals surface area (Å²) in [6.45, 7) is 5.65. The van der Waals surface area contributed by atoms with E-state index in [0.717, 1.165) is 0 Å². The van der Waals surface area contributed by atoms with Crippen LogP contribution in [0.5, 0.6) is 5.75 Å². The van der Waals surface area contributed by atoms with Crippen molar-refractivity contribution in [2.24, 2.45) is 17.0 Å². The highest BCUT2D eigenvalue weighted by Crippen LogP contribution is 2.19. The normalized spacial score (nSPS) is 13.6. The molecule has 1 unspecified atom stereocenters. The SMILES string of the molecule is Cc1ccc(OCC(CS(N)(=O)=O)C(C)C)cc1F. The molecule has 0 aromatic heterocycles. The average Bonchev–Trinajstić information content (AvgIpc) is 2.27. The minimum atomic E-state index is -3.54. The van der Waals surface area contributed by atoms with Crippen molar-refractivity contribution in [2.75, 3.05) is 12.4 Å². The summed E-state index contributed by atoms with van der Waals surface area (Å²) < 4.78 is 41.0. The van der Waals surface area contributed by atoms with E-state index in [4.69, 9.17) is 9.88 Å². The third kappa shape index (κ3) is 5.57. The second-order valence-electron chi connectivity index (χ2n) is 5.06. The summed E-state index contributed by atoms with van der Waals surface area (Å²) in [6, 6.07) is 4.57. The van der Waals surface area contributed by atoms with Gasteiger partial charge < -0.3 is 4.74 Å². The number of primary sulfonamides is 1. The molecule has 1 atom stereocenters. The van der Waals surface area contributed by atoms with Gasteiger partial charge in [0.15, 0.2) is 0 Å². The van der Waals surface area contributed by atoms with Gasteiger partial charge >= 0.3 is 0 Å². The van der Waals surface area contributed by atoms with Crippen LogP contribution in [0.4, 0.5) is 4.39 Å². The van der Waals surface area contributed by atoms with Gasteiger partial charge in [0.2, 0.25) is 10.0 Å². The Morgan fingerprint density at radius 2 is 2.00 bits per heavy atom. The number of hydrogen-bond acceptors (Lipinski definition) is 3. The van der Waals surface area contributed by atoms with Gasteiger partial charge in [0.1, 0.15) is 11.6 Å². The second kappa shape index (κ2) is 6.34. The maximum atomic E-state index is 13.3. The van der Waals surface area contributed by atoms with Crippen LogP contribution in [0, 0.1) is 24.6 Å². The largest absolute Gasteiger partial charge is 0.493 e. The van der Waals surface area contributed by atoms with Crippen molar-refractivity contribution in [3.63, 3.8) is 0 Å². The first kappa shape index (κ1) is 15.9. The van der Waals surface area contributed by atoms with E-state index in [9.17, 15) is 12.8 Å². The molecule has 1 aromatic carbocycles. The van der Waals surface area contributed by atoms with E-state index in [-0.39, 0.29) is 30.0 Å². The Hall–Kier alpha value is -1.14. The lowest BCUT2D eigenvalue weighted by atomic mass is 9.99. The summed E-state index contributed by atoms with van der Waals surface area (Å²) in [5.74, 6) is -0.208. The number of nitrogens with two attached hydrogens (primary N) is 1. The lowest BCUT2D eigenvalue weighted by Crippen LogP contribution is -2.30.